The molecule has 3 N–H and O–H groups in total. The van der Waals surface area contributed by atoms with E-state index in [4.69, 9.17) is 0 Å². The number of carbonyl (C=O) groups excluding carboxylic acids is 2. The van der Waals surface area contributed by atoms with E-state index >= 15 is 0 Å². The van der Waals surface area contributed by atoms with Crippen LogP contribution in [0.5, 0.6) is 0 Å². The maximum Gasteiger partial charge on any atom is 0.272 e. The van der Waals surface area contributed by atoms with Crippen LogP contribution in [0.15, 0.2) is 66.7 Å². The summed E-state index contributed by atoms with van der Waals surface area (Å²) in [6, 6.07) is 21.1. The molecule has 1 aliphatic heterocycles. The van der Waals surface area contributed by atoms with E-state index in [2.05, 4.69) is 22.7 Å². The van der Waals surface area contributed by atoms with Gasteiger partial charge in [-0.05, 0) is 50.2 Å². The van der Waals surface area contributed by atoms with E-state index in [0.717, 1.165) is 49.8 Å². The van der Waals surface area contributed by atoms with E-state index in [1.807, 2.05) is 72.5 Å². The molecule has 2 amide bonds. The number of aryl methyl sites for hydroxylation is 1. The molecule has 8 heteroatoms. The van der Waals surface area contributed by atoms with Crippen LogP contribution in [-0.4, -0.2) is 62.9 Å². The molecule has 0 bridgehead atoms. The molecule has 1 aromatic heterocycles. The summed E-state index contributed by atoms with van der Waals surface area (Å²) in [5.41, 5.74) is 2.77. The minimum Gasteiger partial charge on any atom is -0.390 e. The SMILES string of the molecule is CCCC1CCCCN1C(=O)c1cc(C(=O)N[C@@H](Cc2ccccc2)[C@H](O)CNCc2ccccc2)nn1CC. The van der Waals surface area contributed by atoms with Gasteiger partial charge in [-0.3, -0.25) is 14.3 Å². The van der Waals surface area contributed by atoms with E-state index < -0.39 is 18.1 Å². The molecular weight excluding hydrogens is 502 g/mol. The van der Waals surface area contributed by atoms with Gasteiger partial charge in [0.15, 0.2) is 5.69 Å². The van der Waals surface area contributed by atoms with E-state index in [1.54, 1.807) is 10.7 Å². The normalized spacial score (nSPS) is 16.9. The lowest BCUT2D eigenvalue weighted by Gasteiger charge is -2.35. The minimum absolute atomic E-state index is 0.0578. The Morgan fingerprint density at radius 1 is 1.02 bits per heavy atom. The Kier molecular flexibility index (Phi) is 10.9. The van der Waals surface area contributed by atoms with Crippen molar-refractivity contribution >= 4 is 11.8 Å². The number of likely N-dealkylation sites (tertiary alicyclic amines) is 1. The van der Waals surface area contributed by atoms with Gasteiger partial charge in [0.1, 0.15) is 5.69 Å². The number of nitrogens with zero attached hydrogens (tertiary/aromatic N) is 3. The Morgan fingerprint density at radius 3 is 2.40 bits per heavy atom. The van der Waals surface area contributed by atoms with Gasteiger partial charge in [0.05, 0.1) is 12.1 Å². The van der Waals surface area contributed by atoms with Crippen molar-refractivity contribution in [3.05, 3.63) is 89.2 Å². The topological polar surface area (TPSA) is 99.5 Å². The number of aromatic nitrogens is 2. The Hall–Kier alpha value is -3.49. The molecule has 1 saturated heterocycles. The number of rotatable bonds is 13. The summed E-state index contributed by atoms with van der Waals surface area (Å²) < 4.78 is 1.62. The fourth-order valence-electron chi connectivity index (χ4n) is 5.49. The number of aliphatic hydroxyl groups is 1. The van der Waals surface area contributed by atoms with Crippen LogP contribution in [0.2, 0.25) is 0 Å². The molecule has 4 rings (SSSR count). The van der Waals surface area contributed by atoms with Gasteiger partial charge < -0.3 is 20.6 Å². The fourth-order valence-corrected chi connectivity index (χ4v) is 5.49. The zero-order valence-electron chi connectivity index (χ0n) is 23.8. The summed E-state index contributed by atoms with van der Waals surface area (Å²) in [5.74, 6) is -0.453. The Morgan fingerprint density at radius 2 is 1.73 bits per heavy atom. The summed E-state index contributed by atoms with van der Waals surface area (Å²) in [5, 5.41) is 21.9. The molecule has 3 atom stereocenters. The molecule has 1 unspecified atom stereocenters. The second-order valence-electron chi connectivity index (χ2n) is 10.6. The smallest absolute Gasteiger partial charge is 0.272 e. The Labute approximate surface area is 237 Å². The van der Waals surface area contributed by atoms with Crippen LogP contribution in [0, 0.1) is 0 Å². The van der Waals surface area contributed by atoms with Crippen molar-refractivity contribution < 1.29 is 14.7 Å². The maximum atomic E-state index is 13.6. The van der Waals surface area contributed by atoms with Gasteiger partial charge in [0.2, 0.25) is 0 Å². The number of carbonyl (C=O) groups is 2. The van der Waals surface area contributed by atoms with Crippen molar-refractivity contribution in [2.45, 2.75) is 83.6 Å². The molecule has 214 valence electrons. The highest BCUT2D eigenvalue weighted by Gasteiger charge is 2.31. The summed E-state index contributed by atoms with van der Waals surface area (Å²) in [6.45, 7) is 6.22. The Bertz CT molecular complexity index is 1210. The molecule has 0 radical (unpaired) electrons. The van der Waals surface area contributed by atoms with Crippen LogP contribution in [0.3, 0.4) is 0 Å². The second-order valence-corrected chi connectivity index (χ2v) is 10.6. The van der Waals surface area contributed by atoms with Crippen LogP contribution in [0.1, 0.15) is 78.1 Å². The summed E-state index contributed by atoms with van der Waals surface area (Å²) in [7, 11) is 0. The number of hydrogen-bond donors (Lipinski definition) is 3. The van der Waals surface area contributed by atoms with E-state index in [-0.39, 0.29) is 17.6 Å². The van der Waals surface area contributed by atoms with Crippen molar-refractivity contribution in [2.24, 2.45) is 0 Å². The molecule has 0 spiro atoms. The highest BCUT2D eigenvalue weighted by atomic mass is 16.3. The number of piperidine rings is 1. The first-order chi connectivity index (χ1) is 19.5. The van der Waals surface area contributed by atoms with Crippen LogP contribution in [0.25, 0.3) is 0 Å². The quantitative estimate of drug-likeness (QED) is 0.299. The van der Waals surface area contributed by atoms with Gasteiger partial charge in [0, 0.05) is 38.3 Å². The first kappa shape index (κ1) is 29.5. The van der Waals surface area contributed by atoms with Crippen LogP contribution in [-0.2, 0) is 19.5 Å². The molecule has 1 aliphatic rings. The van der Waals surface area contributed by atoms with Crippen molar-refractivity contribution in [1.82, 2.24) is 25.3 Å². The molecule has 0 saturated carbocycles. The molecule has 3 aromatic rings. The van der Waals surface area contributed by atoms with Crippen molar-refractivity contribution in [3.63, 3.8) is 0 Å². The lowest BCUT2D eigenvalue weighted by Crippen LogP contribution is -2.48. The molecule has 8 nitrogen and oxygen atoms in total. The third kappa shape index (κ3) is 7.79. The predicted octanol–water partition coefficient (Wildman–Crippen LogP) is 4.19. The molecule has 40 heavy (non-hydrogen) atoms. The van der Waals surface area contributed by atoms with Crippen LogP contribution < -0.4 is 10.6 Å². The van der Waals surface area contributed by atoms with Gasteiger partial charge in [-0.2, -0.15) is 5.10 Å². The number of hydrogen-bond acceptors (Lipinski definition) is 5. The van der Waals surface area contributed by atoms with Crippen LogP contribution >= 0.6 is 0 Å². The third-order valence-corrected chi connectivity index (χ3v) is 7.65. The van der Waals surface area contributed by atoms with Crippen LogP contribution in [0.4, 0.5) is 0 Å². The highest BCUT2D eigenvalue weighted by molar-refractivity contribution is 5.98. The summed E-state index contributed by atoms with van der Waals surface area (Å²) in [4.78, 5) is 29.0. The summed E-state index contributed by atoms with van der Waals surface area (Å²) in [6.07, 6.45) is 4.80. The van der Waals surface area contributed by atoms with Crippen molar-refractivity contribution in [2.75, 3.05) is 13.1 Å². The fraction of sp³-hybridized carbons (Fsp3) is 0.469. The predicted molar refractivity (Wildman–Crippen MR) is 157 cm³/mol. The van der Waals surface area contributed by atoms with E-state index in [9.17, 15) is 14.7 Å². The highest BCUT2D eigenvalue weighted by Crippen LogP contribution is 2.23. The van der Waals surface area contributed by atoms with Gasteiger partial charge in [-0.25, -0.2) is 0 Å². The maximum absolute atomic E-state index is 13.6. The molecule has 2 heterocycles. The lowest BCUT2D eigenvalue weighted by molar-refractivity contribution is 0.0588. The monoisotopic (exact) mass is 545 g/mol. The van der Waals surface area contributed by atoms with Crippen molar-refractivity contribution in [1.29, 1.82) is 0 Å². The minimum atomic E-state index is -0.828. The van der Waals surface area contributed by atoms with E-state index in [1.165, 1.54) is 0 Å². The average molecular weight is 546 g/mol. The lowest BCUT2D eigenvalue weighted by atomic mass is 9.98. The van der Waals surface area contributed by atoms with Crippen molar-refractivity contribution in [3.8, 4) is 0 Å². The molecule has 0 aliphatic carbocycles. The average Bonchev–Trinajstić information content (AvgIpc) is 3.43. The van der Waals surface area contributed by atoms with E-state index in [0.29, 0.717) is 31.7 Å². The van der Waals surface area contributed by atoms with Gasteiger partial charge >= 0.3 is 0 Å². The number of aliphatic hydroxyl groups excluding tert-OH is 1. The zero-order chi connectivity index (χ0) is 28.3. The second kappa shape index (κ2) is 14.8. The third-order valence-electron chi connectivity index (χ3n) is 7.65. The molecular formula is C32H43N5O3. The number of benzene rings is 2. The Balaban J connectivity index is 1.47. The van der Waals surface area contributed by atoms with Gasteiger partial charge in [0.25, 0.3) is 11.8 Å². The first-order valence-electron chi connectivity index (χ1n) is 14.7. The summed E-state index contributed by atoms with van der Waals surface area (Å²) >= 11 is 0. The number of nitrogens with one attached hydrogen (secondary N) is 2. The van der Waals surface area contributed by atoms with Gasteiger partial charge in [-0.15, -0.1) is 0 Å². The number of amides is 2. The largest absolute Gasteiger partial charge is 0.390 e. The first-order valence-corrected chi connectivity index (χ1v) is 14.7. The zero-order valence-corrected chi connectivity index (χ0v) is 23.8. The molecule has 1 fully saturated rings. The van der Waals surface area contributed by atoms with Gasteiger partial charge in [-0.1, -0.05) is 74.0 Å². The standard InChI is InChI=1S/C32H43N5O3/c1-3-13-26-18-11-12-19-36(26)32(40)29-21-28(35-37(29)4-2)31(39)34-27(20-24-14-7-5-8-15-24)30(38)23-33-22-25-16-9-6-10-17-25/h5-10,14-17,21,26-27,30,33,38H,3-4,11-13,18-20,22-23H2,1-2H3,(H,34,39)/t26?,27-,30+/m0/s1. The molecule has 2 aromatic carbocycles.